The zero-order valence-corrected chi connectivity index (χ0v) is 10.7. The van der Waals surface area contributed by atoms with Crippen LogP contribution >= 0.6 is 22.6 Å². The van der Waals surface area contributed by atoms with Crippen molar-refractivity contribution in [2.75, 3.05) is 24.2 Å². The summed E-state index contributed by atoms with van der Waals surface area (Å²) in [6.07, 6.45) is 0. The first-order chi connectivity index (χ1) is 6.94. The van der Waals surface area contributed by atoms with E-state index in [1.54, 1.807) is 13.0 Å². The number of nitrogen functional groups attached to an aromatic ring is 1. The highest BCUT2D eigenvalue weighted by Gasteiger charge is 2.18. The standard InChI is InChI=1S/C10H15IN2O2/c1-10(15,6-14)5-13-9-3-2-7(12)4-8(9)11/h2-4,13-15H,5-6,12H2,1H3. The van der Waals surface area contributed by atoms with Crippen LogP contribution in [-0.2, 0) is 0 Å². The number of anilines is 2. The van der Waals surface area contributed by atoms with Crippen LogP contribution in [0.1, 0.15) is 6.92 Å². The molecular formula is C10H15IN2O2. The number of nitrogens with two attached hydrogens (primary N) is 1. The Bertz CT molecular complexity index is 342. The van der Waals surface area contributed by atoms with E-state index in [9.17, 15) is 5.11 Å². The summed E-state index contributed by atoms with van der Waals surface area (Å²) in [5.41, 5.74) is 6.12. The Morgan fingerprint density at radius 3 is 2.73 bits per heavy atom. The zero-order valence-electron chi connectivity index (χ0n) is 8.50. The summed E-state index contributed by atoms with van der Waals surface area (Å²) in [5, 5.41) is 21.5. The highest BCUT2D eigenvalue weighted by Crippen LogP contribution is 2.21. The average Bonchev–Trinajstić information content (AvgIpc) is 2.16. The molecule has 0 saturated heterocycles. The third-order valence-electron chi connectivity index (χ3n) is 1.99. The zero-order chi connectivity index (χ0) is 11.5. The summed E-state index contributed by atoms with van der Waals surface area (Å²) in [4.78, 5) is 0. The molecular weight excluding hydrogens is 307 g/mol. The molecule has 0 aliphatic heterocycles. The maximum Gasteiger partial charge on any atom is 0.102 e. The van der Waals surface area contributed by atoms with Crippen LogP contribution in [0.25, 0.3) is 0 Å². The van der Waals surface area contributed by atoms with Crippen LogP contribution in [0, 0.1) is 3.57 Å². The lowest BCUT2D eigenvalue weighted by molar-refractivity contribution is 0.0132. The van der Waals surface area contributed by atoms with E-state index in [-0.39, 0.29) is 6.61 Å². The van der Waals surface area contributed by atoms with Crippen LogP contribution < -0.4 is 11.1 Å². The van der Waals surface area contributed by atoms with Gasteiger partial charge < -0.3 is 21.3 Å². The Balaban J connectivity index is 2.66. The minimum atomic E-state index is -1.11. The second kappa shape index (κ2) is 5.00. The first-order valence-corrected chi connectivity index (χ1v) is 5.64. The largest absolute Gasteiger partial charge is 0.399 e. The molecule has 0 aliphatic rings. The van der Waals surface area contributed by atoms with Gasteiger partial charge in [-0.3, -0.25) is 0 Å². The van der Waals surface area contributed by atoms with Gasteiger partial charge in [0.1, 0.15) is 5.60 Å². The molecule has 1 rings (SSSR count). The van der Waals surface area contributed by atoms with Crippen molar-refractivity contribution >= 4 is 34.0 Å². The summed E-state index contributed by atoms with van der Waals surface area (Å²) >= 11 is 2.16. The van der Waals surface area contributed by atoms with Crippen molar-refractivity contribution in [3.63, 3.8) is 0 Å². The van der Waals surface area contributed by atoms with E-state index < -0.39 is 5.60 Å². The second-order valence-corrected chi connectivity index (χ2v) is 4.91. The lowest BCUT2D eigenvalue weighted by Gasteiger charge is -2.21. The molecule has 84 valence electrons. The summed E-state index contributed by atoms with van der Waals surface area (Å²) in [6, 6.07) is 5.49. The summed E-state index contributed by atoms with van der Waals surface area (Å²) in [5.74, 6) is 0. The van der Waals surface area contributed by atoms with E-state index in [1.807, 2.05) is 12.1 Å². The molecule has 1 aromatic rings. The average molecular weight is 322 g/mol. The molecule has 5 heteroatoms. The van der Waals surface area contributed by atoms with E-state index in [1.165, 1.54) is 0 Å². The number of rotatable bonds is 4. The predicted octanol–water partition coefficient (Wildman–Crippen LogP) is 1.03. The van der Waals surface area contributed by atoms with Crippen LogP contribution in [0.4, 0.5) is 11.4 Å². The van der Waals surface area contributed by atoms with E-state index in [0.29, 0.717) is 12.2 Å². The van der Waals surface area contributed by atoms with Crippen molar-refractivity contribution in [2.24, 2.45) is 0 Å². The van der Waals surface area contributed by atoms with Gasteiger partial charge >= 0.3 is 0 Å². The molecule has 15 heavy (non-hydrogen) atoms. The molecule has 0 bridgehead atoms. The van der Waals surface area contributed by atoms with Crippen LogP contribution in [0.15, 0.2) is 18.2 Å². The first-order valence-electron chi connectivity index (χ1n) is 4.57. The lowest BCUT2D eigenvalue weighted by Crippen LogP contribution is -2.37. The summed E-state index contributed by atoms with van der Waals surface area (Å²) in [6.45, 7) is 1.60. The van der Waals surface area contributed by atoms with Crippen molar-refractivity contribution in [3.05, 3.63) is 21.8 Å². The van der Waals surface area contributed by atoms with Crippen LogP contribution in [0.5, 0.6) is 0 Å². The highest BCUT2D eigenvalue weighted by atomic mass is 127. The highest BCUT2D eigenvalue weighted by molar-refractivity contribution is 14.1. The summed E-state index contributed by atoms with van der Waals surface area (Å²) < 4.78 is 0.987. The number of aliphatic hydroxyl groups is 2. The van der Waals surface area contributed by atoms with Crippen molar-refractivity contribution in [1.82, 2.24) is 0 Å². The Kier molecular flexibility index (Phi) is 4.18. The Morgan fingerprint density at radius 1 is 1.53 bits per heavy atom. The Labute approximate surface area is 103 Å². The molecule has 1 unspecified atom stereocenters. The van der Waals surface area contributed by atoms with Gasteiger partial charge in [0.25, 0.3) is 0 Å². The normalized spacial score (nSPS) is 14.7. The molecule has 0 radical (unpaired) electrons. The van der Waals surface area contributed by atoms with E-state index in [2.05, 4.69) is 27.9 Å². The molecule has 1 atom stereocenters. The molecule has 1 aromatic carbocycles. The Morgan fingerprint density at radius 2 is 2.20 bits per heavy atom. The minimum absolute atomic E-state index is 0.272. The molecule has 0 aromatic heterocycles. The van der Waals surface area contributed by atoms with Gasteiger partial charge in [-0.15, -0.1) is 0 Å². The van der Waals surface area contributed by atoms with Crippen LogP contribution in [-0.4, -0.2) is 29.0 Å². The predicted molar refractivity (Wildman–Crippen MR) is 69.8 cm³/mol. The minimum Gasteiger partial charge on any atom is -0.399 e. The van der Waals surface area contributed by atoms with E-state index in [4.69, 9.17) is 10.8 Å². The number of nitrogens with one attached hydrogen (secondary N) is 1. The fourth-order valence-electron chi connectivity index (χ4n) is 1.02. The smallest absolute Gasteiger partial charge is 0.102 e. The van der Waals surface area contributed by atoms with Gasteiger partial charge in [-0.05, 0) is 47.7 Å². The third kappa shape index (κ3) is 3.84. The maximum atomic E-state index is 9.59. The van der Waals surface area contributed by atoms with Gasteiger partial charge in [-0.2, -0.15) is 0 Å². The van der Waals surface area contributed by atoms with Gasteiger partial charge in [0.05, 0.1) is 6.61 Å². The number of hydrogen-bond acceptors (Lipinski definition) is 4. The van der Waals surface area contributed by atoms with Gasteiger partial charge in [0.15, 0.2) is 0 Å². The molecule has 0 saturated carbocycles. The first kappa shape index (κ1) is 12.5. The number of hydrogen-bond donors (Lipinski definition) is 4. The molecule has 4 nitrogen and oxygen atoms in total. The van der Waals surface area contributed by atoms with Crippen LogP contribution in [0.2, 0.25) is 0 Å². The van der Waals surface area contributed by atoms with Gasteiger partial charge in [0.2, 0.25) is 0 Å². The van der Waals surface area contributed by atoms with Crippen molar-refractivity contribution in [1.29, 1.82) is 0 Å². The number of benzene rings is 1. The fraction of sp³-hybridized carbons (Fsp3) is 0.400. The topological polar surface area (TPSA) is 78.5 Å². The molecule has 0 fully saturated rings. The molecule has 0 aliphatic carbocycles. The Hall–Kier alpha value is -0.530. The molecule has 0 amide bonds. The van der Waals surface area contributed by atoms with E-state index >= 15 is 0 Å². The van der Waals surface area contributed by atoms with Crippen molar-refractivity contribution in [3.8, 4) is 0 Å². The van der Waals surface area contributed by atoms with Crippen LogP contribution in [0.3, 0.4) is 0 Å². The van der Waals surface area contributed by atoms with Crippen molar-refractivity contribution in [2.45, 2.75) is 12.5 Å². The molecule has 5 N–H and O–H groups in total. The third-order valence-corrected chi connectivity index (χ3v) is 2.89. The fourth-order valence-corrected chi connectivity index (χ4v) is 1.75. The quantitative estimate of drug-likeness (QED) is 0.493. The molecule has 0 heterocycles. The maximum absolute atomic E-state index is 9.59. The number of halogens is 1. The van der Waals surface area contributed by atoms with Gasteiger partial charge in [0, 0.05) is 21.5 Å². The second-order valence-electron chi connectivity index (χ2n) is 3.75. The van der Waals surface area contributed by atoms with Gasteiger partial charge in [-0.1, -0.05) is 0 Å². The monoisotopic (exact) mass is 322 g/mol. The van der Waals surface area contributed by atoms with E-state index in [0.717, 1.165) is 9.26 Å². The SMILES string of the molecule is CC(O)(CO)CNc1ccc(N)cc1I. The lowest BCUT2D eigenvalue weighted by atomic mass is 10.1. The number of aliphatic hydroxyl groups excluding tert-OH is 1. The molecule has 0 spiro atoms. The van der Waals surface area contributed by atoms with Gasteiger partial charge in [-0.25, -0.2) is 0 Å². The summed E-state index contributed by atoms with van der Waals surface area (Å²) in [7, 11) is 0. The van der Waals surface area contributed by atoms with Crippen molar-refractivity contribution < 1.29 is 10.2 Å².